The first-order chi connectivity index (χ1) is 11.3. The van der Waals surface area contributed by atoms with Gasteiger partial charge in [0, 0.05) is 10.4 Å². The zero-order valence-corrected chi connectivity index (χ0v) is 18.1. The molecule has 2 aliphatic carbocycles. The molecule has 0 N–H and O–H groups in total. The molecule has 2 aliphatic rings. The Hall–Kier alpha value is -0.583. The summed E-state index contributed by atoms with van der Waals surface area (Å²) in [5.41, 5.74) is 6.20. The molecular formula is C20H29BrO2Si. The van der Waals surface area contributed by atoms with Crippen molar-refractivity contribution in [1.82, 2.24) is 0 Å². The molecule has 0 saturated carbocycles. The van der Waals surface area contributed by atoms with Gasteiger partial charge in [-0.3, -0.25) is 0 Å². The molecule has 132 valence electrons. The van der Waals surface area contributed by atoms with E-state index in [0.29, 0.717) is 6.10 Å². The topological polar surface area (TPSA) is 18.5 Å². The molecular weight excluding hydrogens is 380 g/mol. The molecule has 1 aromatic carbocycles. The van der Waals surface area contributed by atoms with Crippen molar-refractivity contribution in [3.8, 4) is 5.75 Å². The maximum atomic E-state index is 6.58. The van der Waals surface area contributed by atoms with E-state index in [2.05, 4.69) is 61.1 Å². The third-order valence-electron chi connectivity index (χ3n) is 5.87. The van der Waals surface area contributed by atoms with E-state index >= 15 is 0 Å². The van der Waals surface area contributed by atoms with Crippen molar-refractivity contribution >= 4 is 24.2 Å². The zero-order valence-electron chi connectivity index (χ0n) is 15.5. The lowest BCUT2D eigenvalue weighted by Crippen LogP contribution is -2.43. The highest BCUT2D eigenvalue weighted by molar-refractivity contribution is 9.09. The minimum atomic E-state index is -1.61. The van der Waals surface area contributed by atoms with Crippen LogP contribution < -0.4 is 4.74 Å². The van der Waals surface area contributed by atoms with Gasteiger partial charge in [-0.25, -0.2) is 0 Å². The Morgan fingerprint density at radius 3 is 2.71 bits per heavy atom. The Balaban J connectivity index is 1.99. The van der Waals surface area contributed by atoms with E-state index in [1.807, 2.05) is 0 Å². The number of allylic oxidation sites excluding steroid dienone is 1. The molecule has 0 bridgehead atoms. The number of fused-ring (bicyclic) bond motifs is 3. The maximum Gasteiger partial charge on any atom is 0.197 e. The van der Waals surface area contributed by atoms with Gasteiger partial charge in [0.05, 0.1) is 13.2 Å². The van der Waals surface area contributed by atoms with E-state index < -0.39 is 8.32 Å². The molecule has 0 fully saturated rings. The van der Waals surface area contributed by atoms with Gasteiger partial charge in [-0.05, 0) is 74.5 Å². The standard InChI is InChI=1S/C20H29BrO2Si/c1-14-17-9-7-15-6-8-16(22-3)12-18(15)20(17,2)11-10-19(14)23-24(4,5)13-21/h6,8,12,19H,7,9-11,13H2,1-5H3/t19-,20-/m0/s1. The Bertz CT molecular complexity index is 668. The molecule has 2 atom stereocenters. The number of benzene rings is 1. The SMILES string of the molecule is COc1ccc2c(c1)[C@@]1(C)CC[C@H](O[Si](C)(C)CBr)C(C)=C1CC2. The summed E-state index contributed by atoms with van der Waals surface area (Å²) in [7, 11) is 0.145. The molecule has 0 spiro atoms. The summed E-state index contributed by atoms with van der Waals surface area (Å²) in [5.74, 6) is 0.972. The van der Waals surface area contributed by atoms with E-state index in [-0.39, 0.29) is 5.41 Å². The first kappa shape index (κ1) is 18.2. The minimum absolute atomic E-state index is 0.145. The summed E-state index contributed by atoms with van der Waals surface area (Å²) in [5, 5.41) is 0. The lowest BCUT2D eigenvalue weighted by molar-refractivity contribution is 0.186. The summed E-state index contributed by atoms with van der Waals surface area (Å²) in [4.78, 5) is 0.996. The van der Waals surface area contributed by atoms with Crippen LogP contribution in [0.3, 0.4) is 0 Å². The fourth-order valence-corrected chi connectivity index (χ4v) is 5.95. The van der Waals surface area contributed by atoms with Crippen molar-refractivity contribution in [2.45, 2.75) is 64.1 Å². The van der Waals surface area contributed by atoms with Gasteiger partial charge < -0.3 is 9.16 Å². The van der Waals surface area contributed by atoms with Gasteiger partial charge in [0.2, 0.25) is 0 Å². The van der Waals surface area contributed by atoms with Crippen LogP contribution in [0.2, 0.25) is 13.1 Å². The smallest absolute Gasteiger partial charge is 0.197 e. The highest BCUT2D eigenvalue weighted by Crippen LogP contribution is 2.50. The number of hydrogen-bond donors (Lipinski definition) is 0. The van der Waals surface area contributed by atoms with Crippen LogP contribution >= 0.6 is 15.9 Å². The van der Waals surface area contributed by atoms with Crippen LogP contribution in [0.25, 0.3) is 0 Å². The molecule has 0 amide bonds. The second-order valence-electron chi connectivity index (χ2n) is 8.06. The Labute approximate surface area is 155 Å². The molecule has 3 rings (SSSR count). The van der Waals surface area contributed by atoms with Crippen molar-refractivity contribution in [2.24, 2.45) is 0 Å². The predicted octanol–water partition coefficient (Wildman–Crippen LogP) is 5.53. The molecule has 0 aromatic heterocycles. The Morgan fingerprint density at radius 2 is 2.04 bits per heavy atom. The fraction of sp³-hybridized carbons (Fsp3) is 0.600. The van der Waals surface area contributed by atoms with E-state index in [1.165, 1.54) is 16.7 Å². The monoisotopic (exact) mass is 408 g/mol. The third-order valence-corrected chi connectivity index (χ3v) is 11.5. The first-order valence-corrected chi connectivity index (χ1v) is 13.2. The van der Waals surface area contributed by atoms with Crippen molar-refractivity contribution in [2.75, 3.05) is 12.1 Å². The maximum absolute atomic E-state index is 6.58. The molecule has 24 heavy (non-hydrogen) atoms. The van der Waals surface area contributed by atoms with Crippen molar-refractivity contribution in [3.63, 3.8) is 0 Å². The van der Waals surface area contributed by atoms with Gasteiger partial charge in [-0.15, -0.1) is 0 Å². The van der Waals surface area contributed by atoms with Gasteiger partial charge in [0.1, 0.15) is 5.75 Å². The van der Waals surface area contributed by atoms with E-state index in [1.54, 1.807) is 12.7 Å². The van der Waals surface area contributed by atoms with Gasteiger partial charge in [-0.1, -0.05) is 34.5 Å². The number of methoxy groups -OCH3 is 1. The van der Waals surface area contributed by atoms with Crippen molar-refractivity contribution in [1.29, 1.82) is 0 Å². The Morgan fingerprint density at radius 1 is 1.29 bits per heavy atom. The van der Waals surface area contributed by atoms with Crippen LogP contribution in [0.4, 0.5) is 0 Å². The summed E-state index contributed by atoms with van der Waals surface area (Å²) >= 11 is 3.64. The summed E-state index contributed by atoms with van der Waals surface area (Å²) in [6, 6.07) is 6.62. The number of hydrogen-bond acceptors (Lipinski definition) is 2. The fourth-order valence-electron chi connectivity index (χ4n) is 4.42. The van der Waals surface area contributed by atoms with Crippen LogP contribution in [-0.4, -0.2) is 26.5 Å². The quantitative estimate of drug-likeness (QED) is 0.370. The normalized spacial score (nSPS) is 26.8. The van der Waals surface area contributed by atoms with Gasteiger partial charge in [0.15, 0.2) is 8.32 Å². The molecule has 1 aromatic rings. The summed E-state index contributed by atoms with van der Waals surface area (Å²) < 4.78 is 12.1. The van der Waals surface area contributed by atoms with Crippen molar-refractivity contribution in [3.05, 3.63) is 40.5 Å². The zero-order chi connectivity index (χ0) is 17.5. The van der Waals surface area contributed by atoms with Crippen LogP contribution in [0.1, 0.15) is 44.2 Å². The van der Waals surface area contributed by atoms with Crippen LogP contribution in [0.15, 0.2) is 29.3 Å². The van der Waals surface area contributed by atoms with Crippen molar-refractivity contribution < 1.29 is 9.16 Å². The lowest BCUT2D eigenvalue weighted by Gasteiger charge is -2.46. The highest BCUT2D eigenvalue weighted by Gasteiger charge is 2.42. The predicted molar refractivity (Wildman–Crippen MR) is 107 cm³/mol. The molecule has 4 heteroatoms. The average molecular weight is 409 g/mol. The van der Waals surface area contributed by atoms with Gasteiger partial charge in [-0.2, -0.15) is 0 Å². The molecule has 0 radical (unpaired) electrons. The Kier molecular flexibility index (Phi) is 5.02. The van der Waals surface area contributed by atoms with E-state index in [0.717, 1.165) is 36.4 Å². The molecule has 0 heterocycles. The minimum Gasteiger partial charge on any atom is -0.497 e. The highest BCUT2D eigenvalue weighted by atomic mass is 79.9. The van der Waals surface area contributed by atoms with Crippen LogP contribution in [-0.2, 0) is 16.3 Å². The molecule has 2 nitrogen and oxygen atoms in total. The number of aryl methyl sites for hydroxylation is 1. The largest absolute Gasteiger partial charge is 0.497 e. The molecule has 0 saturated heterocycles. The second-order valence-corrected chi connectivity index (χ2v) is 13.8. The van der Waals surface area contributed by atoms with Crippen LogP contribution in [0.5, 0.6) is 5.75 Å². The average Bonchev–Trinajstić information content (AvgIpc) is 2.57. The van der Waals surface area contributed by atoms with E-state index in [4.69, 9.17) is 9.16 Å². The van der Waals surface area contributed by atoms with Crippen LogP contribution in [0, 0.1) is 0 Å². The molecule has 0 aliphatic heterocycles. The number of ether oxygens (including phenoxy) is 1. The number of halogens is 1. The first-order valence-electron chi connectivity index (χ1n) is 8.92. The summed E-state index contributed by atoms with van der Waals surface area (Å²) in [6.07, 6.45) is 4.88. The lowest BCUT2D eigenvalue weighted by atomic mass is 9.61. The molecule has 0 unspecified atom stereocenters. The van der Waals surface area contributed by atoms with Gasteiger partial charge in [0.25, 0.3) is 0 Å². The van der Waals surface area contributed by atoms with Gasteiger partial charge >= 0.3 is 0 Å². The number of alkyl halides is 1. The summed E-state index contributed by atoms with van der Waals surface area (Å²) in [6.45, 7) is 9.33. The van der Waals surface area contributed by atoms with E-state index in [9.17, 15) is 0 Å². The number of rotatable bonds is 4. The second kappa shape index (κ2) is 6.62. The third kappa shape index (κ3) is 3.13.